The second-order valence-corrected chi connectivity index (χ2v) is 11.6. The maximum Gasteiger partial charge on any atom is 0.331 e. The Balaban J connectivity index is 1.23. The summed E-state index contributed by atoms with van der Waals surface area (Å²) >= 11 is 0. The van der Waals surface area contributed by atoms with E-state index in [0.29, 0.717) is 12.0 Å². The van der Waals surface area contributed by atoms with Crippen LogP contribution in [0.25, 0.3) is 0 Å². The molecule has 0 amide bonds. The van der Waals surface area contributed by atoms with Gasteiger partial charge in [0.1, 0.15) is 36.6 Å². The maximum absolute atomic E-state index is 13.1. The molecule has 15 unspecified atom stereocenters. The summed E-state index contributed by atoms with van der Waals surface area (Å²) in [5.74, 6) is -1.12. The highest BCUT2D eigenvalue weighted by atomic mass is 16.7. The topological polar surface area (TPSA) is 177 Å². The van der Waals surface area contributed by atoms with E-state index in [-0.39, 0.29) is 24.1 Å². The van der Waals surface area contributed by atoms with Crippen molar-refractivity contribution < 1.29 is 58.4 Å². The van der Waals surface area contributed by atoms with Crippen molar-refractivity contribution in [2.75, 3.05) is 6.61 Å². The normalized spacial score (nSPS) is 58.9. The summed E-state index contributed by atoms with van der Waals surface area (Å²) in [6.45, 7) is 4.91. The molecule has 7 rings (SSSR count). The monoisotopic (exact) mass is 510 g/mol. The van der Waals surface area contributed by atoms with Gasteiger partial charge in [-0.15, -0.1) is 0 Å². The predicted molar refractivity (Wildman–Crippen MR) is 113 cm³/mol. The Morgan fingerprint density at radius 3 is 2.56 bits per heavy atom. The first-order valence-corrected chi connectivity index (χ1v) is 12.4. The fourth-order valence-corrected chi connectivity index (χ4v) is 8.05. The highest BCUT2D eigenvalue weighted by Crippen LogP contribution is 2.75. The number of hydrogen-bond acceptors (Lipinski definition) is 12. The van der Waals surface area contributed by atoms with Gasteiger partial charge in [0, 0.05) is 17.4 Å². The van der Waals surface area contributed by atoms with Crippen molar-refractivity contribution in [2.24, 2.45) is 16.7 Å². The summed E-state index contributed by atoms with van der Waals surface area (Å²) in [6, 6.07) is 0. The SMILES string of the molecule is CC(OC1OC(CO)C(O)C(O)C1O)C1OC(=O)C=C2C3(C)C4OC4CC4(C)C(=O)OC(C43)C3OC213. The molecule has 4 N–H and O–H groups in total. The minimum absolute atomic E-state index is 0.116. The van der Waals surface area contributed by atoms with E-state index in [9.17, 15) is 30.0 Å². The van der Waals surface area contributed by atoms with E-state index in [4.69, 9.17) is 28.4 Å². The molecule has 0 aromatic carbocycles. The molecule has 5 heterocycles. The molecular weight excluding hydrogens is 480 g/mol. The number of carbonyl (C=O) groups excluding carboxylic acids is 2. The van der Waals surface area contributed by atoms with Crippen molar-refractivity contribution in [1.29, 1.82) is 0 Å². The Morgan fingerprint density at radius 2 is 1.83 bits per heavy atom. The zero-order chi connectivity index (χ0) is 25.5. The first-order chi connectivity index (χ1) is 17.0. The number of fused-ring (bicyclic) bond motifs is 4. The summed E-state index contributed by atoms with van der Waals surface area (Å²) in [4.78, 5) is 25.9. The Hall–Kier alpha value is -1.64. The third-order valence-electron chi connectivity index (χ3n) is 9.71. The lowest BCUT2D eigenvalue weighted by atomic mass is 9.47. The average molecular weight is 510 g/mol. The van der Waals surface area contributed by atoms with Crippen LogP contribution in [0, 0.1) is 16.7 Å². The van der Waals surface area contributed by atoms with Crippen LogP contribution >= 0.6 is 0 Å². The van der Waals surface area contributed by atoms with Crippen LogP contribution in [0.15, 0.2) is 11.6 Å². The first-order valence-electron chi connectivity index (χ1n) is 12.4. The lowest BCUT2D eigenvalue weighted by Crippen LogP contribution is -2.64. The molecule has 6 fully saturated rings. The molecule has 5 aliphatic heterocycles. The number of cyclic esters (lactones) is 1. The van der Waals surface area contributed by atoms with Crippen molar-refractivity contribution in [2.45, 2.75) is 100 Å². The molecule has 2 saturated carbocycles. The third-order valence-corrected chi connectivity index (χ3v) is 9.71. The molecule has 7 aliphatic rings. The van der Waals surface area contributed by atoms with Crippen molar-refractivity contribution in [1.82, 2.24) is 0 Å². The van der Waals surface area contributed by atoms with Gasteiger partial charge >= 0.3 is 11.9 Å². The fraction of sp³-hybridized carbons (Fsp3) is 0.833. The first kappa shape index (κ1) is 23.5. The number of ether oxygens (including phenoxy) is 6. The van der Waals surface area contributed by atoms with Gasteiger partial charge in [0.05, 0.1) is 30.3 Å². The smallest absolute Gasteiger partial charge is 0.331 e. The summed E-state index contributed by atoms with van der Waals surface area (Å²) < 4.78 is 35.4. The predicted octanol–water partition coefficient (Wildman–Crippen LogP) is -2.08. The van der Waals surface area contributed by atoms with E-state index < -0.39 is 84.1 Å². The second kappa shape index (κ2) is 7.06. The average Bonchev–Trinajstić information content (AvgIpc) is 3.74. The van der Waals surface area contributed by atoms with Gasteiger partial charge < -0.3 is 48.8 Å². The van der Waals surface area contributed by atoms with E-state index >= 15 is 0 Å². The van der Waals surface area contributed by atoms with Gasteiger partial charge in [-0.05, 0) is 25.8 Å². The van der Waals surface area contributed by atoms with Gasteiger partial charge in [0.25, 0.3) is 0 Å². The fourth-order valence-electron chi connectivity index (χ4n) is 8.05. The van der Waals surface area contributed by atoms with Crippen LogP contribution in [-0.2, 0) is 38.0 Å². The van der Waals surface area contributed by atoms with Crippen LogP contribution in [0.4, 0.5) is 0 Å². The van der Waals surface area contributed by atoms with E-state index in [1.54, 1.807) is 6.92 Å². The molecule has 0 aromatic rings. The largest absolute Gasteiger partial charge is 0.459 e. The van der Waals surface area contributed by atoms with E-state index in [0.717, 1.165) is 0 Å². The van der Waals surface area contributed by atoms with Crippen LogP contribution in [0.5, 0.6) is 0 Å². The van der Waals surface area contributed by atoms with Crippen molar-refractivity contribution in [3.8, 4) is 0 Å². The summed E-state index contributed by atoms with van der Waals surface area (Å²) in [7, 11) is 0. The van der Waals surface area contributed by atoms with Crippen LogP contribution in [0.2, 0.25) is 0 Å². The van der Waals surface area contributed by atoms with Gasteiger partial charge in [-0.2, -0.15) is 0 Å². The Morgan fingerprint density at radius 1 is 1.08 bits per heavy atom. The highest BCUT2D eigenvalue weighted by Gasteiger charge is 2.87. The number of carbonyl (C=O) groups is 2. The van der Waals surface area contributed by atoms with Gasteiger partial charge in [-0.3, -0.25) is 4.79 Å². The van der Waals surface area contributed by atoms with E-state index in [1.165, 1.54) is 6.08 Å². The summed E-state index contributed by atoms with van der Waals surface area (Å²) in [5.41, 5.74) is -1.88. The van der Waals surface area contributed by atoms with Gasteiger partial charge in [0.2, 0.25) is 0 Å². The number of rotatable bonds is 4. The third kappa shape index (κ3) is 2.61. The molecule has 198 valence electrons. The molecule has 15 atom stereocenters. The molecule has 36 heavy (non-hydrogen) atoms. The zero-order valence-corrected chi connectivity index (χ0v) is 20.0. The molecule has 0 radical (unpaired) electrons. The molecule has 1 spiro atoms. The molecule has 12 nitrogen and oxygen atoms in total. The molecule has 2 aliphatic carbocycles. The summed E-state index contributed by atoms with van der Waals surface area (Å²) in [5, 5.41) is 40.1. The Bertz CT molecular complexity index is 1060. The van der Waals surface area contributed by atoms with E-state index in [1.807, 2.05) is 13.8 Å². The number of hydrogen-bond donors (Lipinski definition) is 4. The van der Waals surface area contributed by atoms with Crippen LogP contribution in [0.3, 0.4) is 0 Å². The van der Waals surface area contributed by atoms with E-state index in [2.05, 4.69) is 0 Å². The second-order valence-electron chi connectivity index (χ2n) is 11.6. The number of aliphatic hydroxyl groups excluding tert-OH is 4. The van der Waals surface area contributed by atoms with Crippen molar-refractivity contribution in [3.05, 3.63) is 11.6 Å². The Kier molecular flexibility index (Phi) is 4.60. The quantitative estimate of drug-likeness (QED) is 0.240. The zero-order valence-electron chi connectivity index (χ0n) is 20.0. The highest BCUT2D eigenvalue weighted by molar-refractivity contribution is 5.87. The number of epoxide rings is 2. The maximum atomic E-state index is 13.1. The molecular formula is C24H30O12. The lowest BCUT2D eigenvalue weighted by Gasteiger charge is -2.52. The summed E-state index contributed by atoms with van der Waals surface area (Å²) in [6.07, 6.45) is -8.61. The molecule has 0 bridgehead atoms. The van der Waals surface area contributed by atoms with Gasteiger partial charge in [-0.1, -0.05) is 6.92 Å². The number of aliphatic hydroxyl groups is 4. The Labute approximate surface area is 206 Å². The molecule has 4 saturated heterocycles. The minimum Gasteiger partial charge on any atom is -0.459 e. The molecule has 12 heteroatoms. The standard InChI is InChI=1S/C24H30O12/c1-7(31-20-14(29)13(28)12(27)9(6-25)33-20)17-24-10(4-11(26)34-17)23(3)16-15(19(24)36-24)35-21(30)22(16,2)5-8-18(23)32-8/h4,7-9,12-20,25,27-29H,5-6H2,1-3H3. The van der Waals surface area contributed by atoms with Crippen molar-refractivity contribution in [3.63, 3.8) is 0 Å². The minimum atomic E-state index is -1.61. The molecule has 0 aromatic heterocycles. The lowest BCUT2D eigenvalue weighted by molar-refractivity contribution is -0.317. The van der Waals surface area contributed by atoms with Crippen LogP contribution in [0.1, 0.15) is 27.2 Å². The van der Waals surface area contributed by atoms with Crippen molar-refractivity contribution >= 4 is 11.9 Å². The number of esters is 2. The van der Waals surface area contributed by atoms with Gasteiger partial charge in [0.15, 0.2) is 18.0 Å². The van der Waals surface area contributed by atoms with Crippen LogP contribution in [-0.4, -0.2) is 112 Å². The van der Waals surface area contributed by atoms with Gasteiger partial charge in [-0.25, -0.2) is 4.79 Å². The van der Waals surface area contributed by atoms with Crippen LogP contribution < -0.4 is 0 Å².